The highest BCUT2D eigenvalue weighted by molar-refractivity contribution is 5.96. The van der Waals surface area contributed by atoms with Gasteiger partial charge in [0.25, 0.3) is 5.91 Å². The van der Waals surface area contributed by atoms with E-state index in [4.69, 9.17) is 9.15 Å². The van der Waals surface area contributed by atoms with Gasteiger partial charge in [-0.2, -0.15) is 0 Å². The van der Waals surface area contributed by atoms with E-state index in [2.05, 4.69) is 6.92 Å². The van der Waals surface area contributed by atoms with Gasteiger partial charge in [-0.3, -0.25) is 4.79 Å². The number of nitrogens with zero attached hydrogens (tertiary/aromatic N) is 1. The zero-order chi connectivity index (χ0) is 14.4. The van der Waals surface area contributed by atoms with Crippen molar-refractivity contribution in [2.45, 2.75) is 32.0 Å². The lowest BCUT2D eigenvalue weighted by Gasteiger charge is -2.33. The summed E-state index contributed by atoms with van der Waals surface area (Å²) in [6.07, 6.45) is 2.64. The SMILES string of the molecule is C[C@@H]1C[C@@H]2CN(C(=O)c3cc4ccccc4o3)CC[C@@H]2O1. The molecule has 2 aliphatic heterocycles. The van der Waals surface area contributed by atoms with Crippen molar-refractivity contribution in [3.8, 4) is 0 Å². The number of carbonyl (C=O) groups is 1. The summed E-state index contributed by atoms with van der Waals surface area (Å²) in [6, 6.07) is 9.58. The van der Waals surface area contributed by atoms with E-state index in [1.165, 1.54) is 0 Å². The van der Waals surface area contributed by atoms with Crippen molar-refractivity contribution in [3.05, 3.63) is 36.1 Å². The van der Waals surface area contributed by atoms with Crippen LogP contribution in [-0.4, -0.2) is 36.1 Å². The average Bonchev–Trinajstić information content (AvgIpc) is 3.07. The summed E-state index contributed by atoms with van der Waals surface area (Å²) in [6.45, 7) is 3.65. The van der Waals surface area contributed by atoms with Gasteiger partial charge < -0.3 is 14.1 Å². The van der Waals surface area contributed by atoms with Crippen molar-refractivity contribution in [2.24, 2.45) is 5.92 Å². The molecule has 0 radical (unpaired) electrons. The number of amides is 1. The summed E-state index contributed by atoms with van der Waals surface area (Å²) in [5.41, 5.74) is 0.772. The molecular weight excluding hydrogens is 266 g/mol. The second-order valence-corrected chi connectivity index (χ2v) is 6.17. The number of para-hydroxylation sites is 1. The monoisotopic (exact) mass is 285 g/mol. The van der Waals surface area contributed by atoms with Crippen LogP contribution in [0.2, 0.25) is 0 Å². The van der Waals surface area contributed by atoms with Crippen molar-refractivity contribution in [3.63, 3.8) is 0 Å². The van der Waals surface area contributed by atoms with Crippen LogP contribution in [0.5, 0.6) is 0 Å². The zero-order valence-corrected chi connectivity index (χ0v) is 12.1. The molecule has 0 aliphatic carbocycles. The Labute approximate surface area is 123 Å². The Balaban J connectivity index is 1.54. The number of hydrogen-bond acceptors (Lipinski definition) is 3. The van der Waals surface area contributed by atoms with E-state index < -0.39 is 0 Å². The lowest BCUT2D eigenvalue weighted by atomic mass is 9.93. The van der Waals surface area contributed by atoms with Gasteiger partial charge in [-0.05, 0) is 31.9 Å². The number of fused-ring (bicyclic) bond motifs is 2. The minimum atomic E-state index is 0.00389. The van der Waals surface area contributed by atoms with E-state index in [0.717, 1.165) is 36.9 Å². The highest BCUT2D eigenvalue weighted by atomic mass is 16.5. The summed E-state index contributed by atoms with van der Waals surface area (Å²) in [7, 11) is 0. The molecule has 2 fully saturated rings. The van der Waals surface area contributed by atoms with E-state index >= 15 is 0 Å². The van der Waals surface area contributed by atoms with Gasteiger partial charge in [-0.25, -0.2) is 0 Å². The lowest BCUT2D eigenvalue weighted by molar-refractivity contribution is 0.00790. The lowest BCUT2D eigenvalue weighted by Crippen LogP contribution is -2.44. The molecule has 4 nitrogen and oxygen atoms in total. The molecule has 0 saturated carbocycles. The van der Waals surface area contributed by atoms with Crippen molar-refractivity contribution in [2.75, 3.05) is 13.1 Å². The predicted octanol–water partition coefficient (Wildman–Crippen LogP) is 3.07. The molecule has 0 N–H and O–H groups in total. The summed E-state index contributed by atoms with van der Waals surface area (Å²) >= 11 is 0. The van der Waals surface area contributed by atoms with Gasteiger partial charge in [0.2, 0.25) is 0 Å². The summed E-state index contributed by atoms with van der Waals surface area (Å²) in [5.74, 6) is 0.924. The van der Waals surface area contributed by atoms with Crippen LogP contribution in [0.1, 0.15) is 30.3 Å². The van der Waals surface area contributed by atoms with Crippen molar-refractivity contribution < 1.29 is 13.9 Å². The molecule has 4 heteroatoms. The molecule has 110 valence electrons. The first-order valence-corrected chi connectivity index (χ1v) is 7.64. The van der Waals surface area contributed by atoms with E-state index in [0.29, 0.717) is 23.9 Å². The van der Waals surface area contributed by atoms with Gasteiger partial charge >= 0.3 is 0 Å². The summed E-state index contributed by atoms with van der Waals surface area (Å²) in [5, 5.41) is 0.980. The fourth-order valence-corrected chi connectivity index (χ4v) is 3.62. The Morgan fingerprint density at radius 2 is 2.19 bits per heavy atom. The van der Waals surface area contributed by atoms with Gasteiger partial charge in [0.15, 0.2) is 5.76 Å². The Hall–Kier alpha value is -1.81. The minimum Gasteiger partial charge on any atom is -0.451 e. The van der Waals surface area contributed by atoms with E-state index in [9.17, 15) is 4.79 Å². The number of benzene rings is 1. The maximum Gasteiger partial charge on any atom is 0.289 e. The number of hydrogen-bond donors (Lipinski definition) is 0. The number of piperidine rings is 1. The van der Waals surface area contributed by atoms with Crippen LogP contribution in [0.15, 0.2) is 34.7 Å². The van der Waals surface area contributed by atoms with Crippen LogP contribution in [0.25, 0.3) is 11.0 Å². The van der Waals surface area contributed by atoms with Gasteiger partial charge in [0.1, 0.15) is 5.58 Å². The average molecular weight is 285 g/mol. The van der Waals surface area contributed by atoms with Crippen LogP contribution in [0.4, 0.5) is 0 Å². The Kier molecular flexibility index (Phi) is 3.00. The molecule has 1 aromatic heterocycles. The Bertz CT molecular complexity index is 644. The fraction of sp³-hybridized carbons (Fsp3) is 0.471. The van der Waals surface area contributed by atoms with Crippen molar-refractivity contribution in [1.82, 2.24) is 4.90 Å². The third kappa shape index (κ3) is 2.23. The third-order valence-electron chi connectivity index (χ3n) is 4.63. The highest BCUT2D eigenvalue weighted by Crippen LogP contribution is 2.33. The zero-order valence-electron chi connectivity index (χ0n) is 12.1. The van der Waals surface area contributed by atoms with Gasteiger partial charge in [-0.1, -0.05) is 18.2 Å². The molecule has 3 atom stereocenters. The molecule has 3 heterocycles. The highest BCUT2D eigenvalue weighted by Gasteiger charge is 2.39. The molecule has 21 heavy (non-hydrogen) atoms. The van der Waals surface area contributed by atoms with Crippen LogP contribution < -0.4 is 0 Å². The number of furan rings is 1. The van der Waals surface area contributed by atoms with Crippen LogP contribution in [0, 0.1) is 5.92 Å². The van der Waals surface area contributed by atoms with E-state index in [1.54, 1.807) is 0 Å². The van der Waals surface area contributed by atoms with Gasteiger partial charge in [0.05, 0.1) is 12.2 Å². The quantitative estimate of drug-likeness (QED) is 0.808. The van der Waals surface area contributed by atoms with Gasteiger partial charge in [0, 0.05) is 24.4 Å². The smallest absolute Gasteiger partial charge is 0.289 e. The van der Waals surface area contributed by atoms with Crippen molar-refractivity contribution in [1.29, 1.82) is 0 Å². The van der Waals surface area contributed by atoms with Gasteiger partial charge in [-0.15, -0.1) is 0 Å². The molecule has 1 amide bonds. The molecule has 2 aliphatic rings. The number of ether oxygens (including phenoxy) is 1. The molecule has 2 aromatic rings. The Morgan fingerprint density at radius 3 is 3.05 bits per heavy atom. The molecular formula is C17H19NO3. The maximum absolute atomic E-state index is 12.6. The molecule has 2 saturated heterocycles. The number of carbonyl (C=O) groups excluding carboxylic acids is 1. The summed E-state index contributed by atoms with van der Waals surface area (Å²) < 4.78 is 11.6. The van der Waals surface area contributed by atoms with Crippen molar-refractivity contribution >= 4 is 16.9 Å². The maximum atomic E-state index is 12.6. The van der Waals surface area contributed by atoms with E-state index in [-0.39, 0.29) is 5.91 Å². The fourth-order valence-electron chi connectivity index (χ4n) is 3.62. The second-order valence-electron chi connectivity index (χ2n) is 6.17. The van der Waals surface area contributed by atoms with Crippen LogP contribution >= 0.6 is 0 Å². The van der Waals surface area contributed by atoms with Crippen LogP contribution in [0.3, 0.4) is 0 Å². The minimum absolute atomic E-state index is 0.00389. The first kappa shape index (κ1) is 12.9. The normalized spacial score (nSPS) is 28.8. The molecule has 0 unspecified atom stereocenters. The molecule has 0 bridgehead atoms. The number of likely N-dealkylation sites (tertiary alicyclic amines) is 1. The van der Waals surface area contributed by atoms with Crippen LogP contribution in [-0.2, 0) is 4.74 Å². The second kappa shape index (κ2) is 4.88. The summed E-state index contributed by atoms with van der Waals surface area (Å²) in [4.78, 5) is 14.5. The first-order valence-electron chi connectivity index (χ1n) is 7.64. The topological polar surface area (TPSA) is 42.7 Å². The predicted molar refractivity (Wildman–Crippen MR) is 79.2 cm³/mol. The first-order chi connectivity index (χ1) is 10.2. The van der Waals surface area contributed by atoms with E-state index in [1.807, 2.05) is 35.2 Å². The Morgan fingerprint density at radius 1 is 1.33 bits per heavy atom. The third-order valence-corrected chi connectivity index (χ3v) is 4.63. The molecule has 1 aromatic carbocycles. The largest absolute Gasteiger partial charge is 0.451 e. The molecule has 0 spiro atoms. The molecule has 4 rings (SSSR count). The number of rotatable bonds is 1. The standard InChI is InChI=1S/C17H19NO3/c1-11-8-13-10-18(7-6-15(13)20-11)17(19)16-9-12-4-2-3-5-14(12)21-16/h2-5,9,11,13,15H,6-8,10H2,1H3/t11-,13-,15+/m1/s1.